The van der Waals surface area contributed by atoms with E-state index >= 15 is 0 Å². The van der Waals surface area contributed by atoms with Crippen molar-refractivity contribution in [3.8, 4) is 0 Å². The Kier molecular flexibility index (Phi) is 4.49. The van der Waals surface area contributed by atoms with E-state index in [4.69, 9.17) is 4.74 Å². The molecular formula is C20H23N3O2. The van der Waals surface area contributed by atoms with Crippen LogP contribution in [0.2, 0.25) is 0 Å². The summed E-state index contributed by atoms with van der Waals surface area (Å²) in [6.45, 7) is 2.24. The molecule has 2 aliphatic rings. The predicted molar refractivity (Wildman–Crippen MR) is 94.3 cm³/mol. The topological polar surface area (TPSA) is 55.3 Å². The van der Waals surface area contributed by atoms with Crippen molar-refractivity contribution in [2.75, 3.05) is 19.7 Å². The number of hydrogen-bond donors (Lipinski definition) is 0. The molecule has 3 heterocycles. The fourth-order valence-corrected chi connectivity index (χ4v) is 4.07. The lowest BCUT2D eigenvalue weighted by Gasteiger charge is -2.46. The summed E-state index contributed by atoms with van der Waals surface area (Å²) in [5.41, 5.74) is 1.74. The number of benzene rings is 1. The summed E-state index contributed by atoms with van der Waals surface area (Å²) in [6, 6.07) is 10.7. The van der Waals surface area contributed by atoms with Crippen molar-refractivity contribution < 1.29 is 9.53 Å². The number of hydrogen-bond acceptors (Lipinski definition) is 4. The monoisotopic (exact) mass is 337 g/mol. The number of piperidine rings is 1. The van der Waals surface area contributed by atoms with Crippen LogP contribution in [-0.4, -0.2) is 46.1 Å². The molecule has 1 spiro atoms. The van der Waals surface area contributed by atoms with Crippen LogP contribution < -0.4 is 0 Å². The van der Waals surface area contributed by atoms with Gasteiger partial charge in [0.1, 0.15) is 5.69 Å². The highest BCUT2D eigenvalue weighted by molar-refractivity contribution is 5.92. The van der Waals surface area contributed by atoms with Gasteiger partial charge in [-0.15, -0.1) is 0 Å². The summed E-state index contributed by atoms with van der Waals surface area (Å²) in [4.78, 5) is 22.5. The molecule has 2 aliphatic heterocycles. The van der Waals surface area contributed by atoms with E-state index in [1.165, 1.54) is 11.8 Å². The minimum Gasteiger partial charge on any atom is -0.375 e. The second-order valence-corrected chi connectivity index (χ2v) is 7.01. The number of likely N-dealkylation sites (tertiary alicyclic amines) is 1. The van der Waals surface area contributed by atoms with Gasteiger partial charge in [0.2, 0.25) is 0 Å². The number of aromatic nitrogens is 2. The standard InChI is InChI=1S/C20H23N3O2/c24-19(18-15-21-9-10-22-18)23-11-7-20(8-12-23)14-17(6-13-25-20)16-4-2-1-3-5-16/h1-5,9-10,15,17H,6-8,11-14H2/t17-/m0/s1. The highest BCUT2D eigenvalue weighted by Gasteiger charge is 2.41. The van der Waals surface area contributed by atoms with Crippen molar-refractivity contribution in [3.63, 3.8) is 0 Å². The second-order valence-electron chi connectivity index (χ2n) is 7.01. The Labute approximate surface area is 148 Å². The minimum absolute atomic E-state index is 0.0293. The molecule has 0 N–H and O–H groups in total. The zero-order chi connectivity index (χ0) is 17.1. The molecule has 1 aromatic carbocycles. The molecule has 4 rings (SSSR count). The van der Waals surface area contributed by atoms with E-state index in [9.17, 15) is 4.79 Å². The molecule has 130 valence electrons. The van der Waals surface area contributed by atoms with E-state index in [0.29, 0.717) is 11.6 Å². The summed E-state index contributed by atoms with van der Waals surface area (Å²) in [5.74, 6) is 0.524. The summed E-state index contributed by atoms with van der Waals surface area (Å²) >= 11 is 0. The quantitative estimate of drug-likeness (QED) is 0.845. The van der Waals surface area contributed by atoms with Crippen molar-refractivity contribution >= 4 is 5.91 Å². The lowest BCUT2D eigenvalue weighted by molar-refractivity contribution is -0.113. The molecule has 5 nitrogen and oxygen atoms in total. The maximum Gasteiger partial charge on any atom is 0.274 e. The third-order valence-electron chi connectivity index (χ3n) is 5.51. The highest BCUT2D eigenvalue weighted by Crippen LogP contribution is 2.41. The number of ether oxygens (including phenoxy) is 1. The molecule has 2 saturated heterocycles. The fraction of sp³-hybridized carbons (Fsp3) is 0.450. The average molecular weight is 337 g/mol. The molecule has 0 saturated carbocycles. The molecule has 2 fully saturated rings. The van der Waals surface area contributed by atoms with Crippen molar-refractivity contribution in [2.45, 2.75) is 37.2 Å². The summed E-state index contributed by atoms with van der Waals surface area (Å²) < 4.78 is 6.23. The molecular weight excluding hydrogens is 314 g/mol. The minimum atomic E-state index is -0.0854. The third-order valence-corrected chi connectivity index (χ3v) is 5.51. The molecule has 1 atom stereocenters. The number of carbonyl (C=O) groups is 1. The summed E-state index contributed by atoms with van der Waals surface area (Å²) in [6.07, 6.45) is 8.59. The Bertz CT molecular complexity index is 712. The number of carbonyl (C=O) groups excluding carboxylic acids is 1. The zero-order valence-electron chi connectivity index (χ0n) is 14.3. The van der Waals surface area contributed by atoms with Gasteiger partial charge in [-0.1, -0.05) is 30.3 Å². The molecule has 2 aromatic rings. The molecule has 25 heavy (non-hydrogen) atoms. The van der Waals surface area contributed by atoms with Crippen LogP contribution >= 0.6 is 0 Å². The van der Waals surface area contributed by atoms with Crippen LogP contribution in [0, 0.1) is 0 Å². The van der Waals surface area contributed by atoms with E-state index in [1.807, 2.05) is 4.90 Å². The average Bonchev–Trinajstić information content (AvgIpc) is 2.69. The number of rotatable bonds is 2. The zero-order valence-corrected chi connectivity index (χ0v) is 14.3. The van der Waals surface area contributed by atoms with Gasteiger partial charge in [0.25, 0.3) is 5.91 Å². The van der Waals surface area contributed by atoms with E-state index in [1.54, 1.807) is 12.4 Å². The maximum atomic E-state index is 12.5. The van der Waals surface area contributed by atoms with Gasteiger partial charge in [-0.3, -0.25) is 9.78 Å². The van der Waals surface area contributed by atoms with E-state index in [-0.39, 0.29) is 11.5 Å². The Morgan fingerprint density at radius 1 is 1.16 bits per heavy atom. The maximum absolute atomic E-state index is 12.5. The number of nitrogens with zero attached hydrogens (tertiary/aromatic N) is 3. The SMILES string of the molecule is O=C(c1cnccn1)N1CCC2(CC1)C[C@@H](c1ccccc1)CCO2. The molecule has 0 aliphatic carbocycles. The third kappa shape index (κ3) is 3.42. The van der Waals surface area contributed by atoms with Crippen LogP contribution in [0.1, 0.15) is 47.7 Å². The van der Waals surface area contributed by atoms with Gasteiger partial charge in [0.05, 0.1) is 11.8 Å². The van der Waals surface area contributed by atoms with Crippen LogP contribution in [0.15, 0.2) is 48.9 Å². The molecule has 5 heteroatoms. The van der Waals surface area contributed by atoms with Crippen molar-refractivity contribution in [1.82, 2.24) is 14.9 Å². The van der Waals surface area contributed by atoms with Crippen molar-refractivity contribution in [3.05, 3.63) is 60.2 Å². The Balaban J connectivity index is 1.41. The van der Waals surface area contributed by atoms with E-state index in [0.717, 1.165) is 45.4 Å². The van der Waals surface area contributed by atoms with Gasteiger partial charge in [-0.25, -0.2) is 4.98 Å². The molecule has 0 radical (unpaired) electrons. The first-order chi connectivity index (χ1) is 12.3. The smallest absolute Gasteiger partial charge is 0.274 e. The Morgan fingerprint density at radius 3 is 2.68 bits per heavy atom. The molecule has 1 aromatic heterocycles. The van der Waals surface area contributed by atoms with E-state index < -0.39 is 0 Å². The van der Waals surface area contributed by atoms with Gasteiger partial charge in [0, 0.05) is 32.1 Å². The van der Waals surface area contributed by atoms with Gasteiger partial charge in [-0.05, 0) is 37.2 Å². The molecule has 1 amide bonds. The van der Waals surface area contributed by atoms with Gasteiger partial charge < -0.3 is 9.64 Å². The van der Waals surface area contributed by atoms with E-state index in [2.05, 4.69) is 40.3 Å². The first-order valence-electron chi connectivity index (χ1n) is 9.00. The van der Waals surface area contributed by atoms with Crippen LogP contribution in [0.3, 0.4) is 0 Å². The predicted octanol–water partition coefficient (Wildman–Crippen LogP) is 3.05. The second kappa shape index (κ2) is 6.92. The van der Waals surface area contributed by atoms with Crippen molar-refractivity contribution in [2.24, 2.45) is 0 Å². The van der Waals surface area contributed by atoms with Crippen LogP contribution in [0.25, 0.3) is 0 Å². The van der Waals surface area contributed by atoms with Gasteiger partial charge in [0.15, 0.2) is 0 Å². The first kappa shape index (κ1) is 16.2. The lowest BCUT2D eigenvalue weighted by Crippen LogP contribution is -2.50. The highest BCUT2D eigenvalue weighted by atomic mass is 16.5. The summed E-state index contributed by atoms with van der Waals surface area (Å²) in [5, 5.41) is 0. The molecule has 0 bridgehead atoms. The van der Waals surface area contributed by atoms with Crippen LogP contribution in [-0.2, 0) is 4.74 Å². The van der Waals surface area contributed by atoms with Gasteiger partial charge >= 0.3 is 0 Å². The normalized spacial score (nSPS) is 22.7. The van der Waals surface area contributed by atoms with Crippen LogP contribution in [0.4, 0.5) is 0 Å². The van der Waals surface area contributed by atoms with Gasteiger partial charge in [-0.2, -0.15) is 0 Å². The Hall–Kier alpha value is -2.27. The summed E-state index contributed by atoms with van der Waals surface area (Å²) in [7, 11) is 0. The fourth-order valence-electron chi connectivity index (χ4n) is 4.07. The first-order valence-corrected chi connectivity index (χ1v) is 9.00. The Morgan fingerprint density at radius 2 is 1.96 bits per heavy atom. The molecule has 0 unspecified atom stereocenters. The largest absolute Gasteiger partial charge is 0.375 e. The number of amides is 1. The van der Waals surface area contributed by atoms with Crippen molar-refractivity contribution in [1.29, 1.82) is 0 Å². The van der Waals surface area contributed by atoms with Crippen LogP contribution in [0.5, 0.6) is 0 Å². The lowest BCUT2D eigenvalue weighted by atomic mass is 9.77.